The Labute approximate surface area is 107 Å². The molecule has 0 rings (SSSR count). The van der Waals surface area contributed by atoms with Gasteiger partial charge < -0.3 is 15.4 Å². The second-order valence-corrected chi connectivity index (χ2v) is 4.90. The number of rotatable bonds is 5. The number of nitrogens with one attached hydrogen (secondary N) is 2. The fourth-order valence-electron chi connectivity index (χ4n) is 0.891. The first-order chi connectivity index (χ1) is 7.72. The second kappa shape index (κ2) is 7.17. The first-order valence-electron chi connectivity index (χ1n) is 5.32. The molecule has 0 radical (unpaired) electrons. The van der Waals surface area contributed by atoms with Crippen LogP contribution in [0.2, 0.25) is 0 Å². The van der Waals surface area contributed by atoms with E-state index >= 15 is 0 Å². The van der Waals surface area contributed by atoms with Gasteiger partial charge in [0.1, 0.15) is 5.60 Å². The van der Waals surface area contributed by atoms with Crippen LogP contribution in [0.3, 0.4) is 0 Å². The Balaban J connectivity index is 3.56. The normalized spacial score (nSPS) is 10.6. The van der Waals surface area contributed by atoms with Crippen LogP contribution in [0.15, 0.2) is 11.6 Å². The van der Waals surface area contributed by atoms with E-state index in [0.717, 1.165) is 0 Å². The van der Waals surface area contributed by atoms with E-state index in [1.54, 1.807) is 20.8 Å². The molecule has 0 unspecified atom stereocenters. The Morgan fingerprint density at radius 3 is 2.24 bits per heavy atom. The molecule has 5 nitrogen and oxygen atoms in total. The van der Waals surface area contributed by atoms with Crippen LogP contribution in [-0.4, -0.2) is 30.7 Å². The molecular weight excluding hydrogens is 244 g/mol. The number of hydrogen-bond acceptors (Lipinski definition) is 3. The van der Waals surface area contributed by atoms with Crippen molar-refractivity contribution in [2.24, 2.45) is 0 Å². The van der Waals surface area contributed by atoms with E-state index in [4.69, 9.17) is 16.3 Å². The highest BCUT2D eigenvalue weighted by Crippen LogP contribution is 2.06. The van der Waals surface area contributed by atoms with Crippen molar-refractivity contribution in [3.63, 3.8) is 0 Å². The second-order valence-electron chi connectivity index (χ2n) is 4.44. The van der Waals surface area contributed by atoms with Crippen molar-refractivity contribution in [3.8, 4) is 0 Å². The molecule has 0 bridgehead atoms. The molecule has 0 aromatic rings. The summed E-state index contributed by atoms with van der Waals surface area (Å²) >= 11 is 5.37. The van der Waals surface area contributed by atoms with Crippen LogP contribution in [0.5, 0.6) is 0 Å². The number of hydrogen-bond donors (Lipinski definition) is 2. The van der Waals surface area contributed by atoms with E-state index in [0.29, 0.717) is 19.5 Å². The molecule has 0 fully saturated rings. The molecule has 0 heterocycles. The number of carbonyl (C=O) groups excluding carboxylic acids is 2. The maximum Gasteiger partial charge on any atom is 0.407 e. The van der Waals surface area contributed by atoms with E-state index in [9.17, 15) is 9.59 Å². The van der Waals surface area contributed by atoms with Gasteiger partial charge in [-0.05, 0) is 27.2 Å². The van der Waals surface area contributed by atoms with Gasteiger partial charge in [-0.1, -0.05) is 18.2 Å². The summed E-state index contributed by atoms with van der Waals surface area (Å²) in [7, 11) is 0. The first kappa shape index (κ1) is 15.8. The predicted octanol–water partition coefficient (Wildman–Crippen LogP) is 1.77. The number of halogens is 1. The van der Waals surface area contributed by atoms with E-state index in [2.05, 4.69) is 17.2 Å². The molecule has 2 N–H and O–H groups in total. The summed E-state index contributed by atoms with van der Waals surface area (Å²) in [6, 6.07) is 0. The zero-order valence-corrected chi connectivity index (χ0v) is 11.2. The van der Waals surface area contributed by atoms with Crippen LogP contribution in [0.1, 0.15) is 27.2 Å². The SMILES string of the molecule is C=C(Cl)C(=O)NCCCNC(=O)OC(C)(C)C. The Kier molecular flexibility index (Phi) is 6.65. The summed E-state index contributed by atoms with van der Waals surface area (Å²) in [5.41, 5.74) is -0.505. The predicted molar refractivity (Wildman–Crippen MR) is 66.9 cm³/mol. The van der Waals surface area contributed by atoms with E-state index in [-0.39, 0.29) is 5.03 Å². The van der Waals surface area contributed by atoms with Crippen molar-refractivity contribution >= 4 is 23.6 Å². The van der Waals surface area contributed by atoms with Crippen LogP contribution in [0.4, 0.5) is 4.79 Å². The largest absolute Gasteiger partial charge is 0.444 e. The van der Waals surface area contributed by atoms with Crippen LogP contribution in [0, 0.1) is 0 Å². The van der Waals surface area contributed by atoms with E-state index in [1.807, 2.05) is 0 Å². The fourth-order valence-corrected chi connectivity index (χ4v) is 0.958. The molecule has 0 saturated heterocycles. The quantitative estimate of drug-likeness (QED) is 0.586. The highest BCUT2D eigenvalue weighted by Gasteiger charge is 2.15. The summed E-state index contributed by atoms with van der Waals surface area (Å²) in [6.45, 7) is 9.50. The average Bonchev–Trinajstić information content (AvgIpc) is 2.13. The number of alkyl carbamates (subject to hydrolysis) is 1. The lowest BCUT2D eigenvalue weighted by atomic mass is 10.2. The molecule has 2 amide bonds. The van der Waals surface area contributed by atoms with E-state index in [1.165, 1.54) is 0 Å². The average molecular weight is 263 g/mol. The van der Waals surface area contributed by atoms with Gasteiger partial charge in [0.05, 0.1) is 5.03 Å². The monoisotopic (exact) mass is 262 g/mol. The summed E-state index contributed by atoms with van der Waals surface area (Å²) < 4.78 is 5.03. The molecule has 0 aromatic carbocycles. The minimum absolute atomic E-state index is 0.0508. The molecule has 0 aliphatic rings. The van der Waals surface area contributed by atoms with Crippen LogP contribution in [-0.2, 0) is 9.53 Å². The molecule has 0 aromatic heterocycles. The molecule has 17 heavy (non-hydrogen) atoms. The van der Waals surface area contributed by atoms with Gasteiger partial charge in [-0.15, -0.1) is 0 Å². The lowest BCUT2D eigenvalue weighted by Crippen LogP contribution is -2.34. The summed E-state index contributed by atoms with van der Waals surface area (Å²) in [4.78, 5) is 22.2. The van der Waals surface area contributed by atoms with Gasteiger partial charge in [-0.25, -0.2) is 4.79 Å². The molecule has 0 aliphatic heterocycles. The number of ether oxygens (including phenoxy) is 1. The Hall–Kier alpha value is -1.23. The third-order valence-electron chi connectivity index (χ3n) is 1.55. The van der Waals surface area contributed by atoms with Crippen LogP contribution < -0.4 is 10.6 Å². The van der Waals surface area contributed by atoms with Crippen molar-refractivity contribution in [2.75, 3.05) is 13.1 Å². The zero-order valence-electron chi connectivity index (χ0n) is 10.4. The van der Waals surface area contributed by atoms with Gasteiger partial charge in [0, 0.05) is 13.1 Å². The molecule has 0 saturated carbocycles. The van der Waals surface area contributed by atoms with Gasteiger partial charge in [0.15, 0.2) is 0 Å². The van der Waals surface area contributed by atoms with Crippen LogP contribution >= 0.6 is 11.6 Å². The Morgan fingerprint density at radius 2 is 1.76 bits per heavy atom. The van der Waals surface area contributed by atoms with Crippen LogP contribution in [0.25, 0.3) is 0 Å². The Bertz CT molecular complexity index is 298. The molecular formula is C11H19ClN2O3. The lowest BCUT2D eigenvalue weighted by Gasteiger charge is -2.19. The van der Waals surface area contributed by atoms with Crippen molar-refractivity contribution < 1.29 is 14.3 Å². The smallest absolute Gasteiger partial charge is 0.407 e. The van der Waals surface area contributed by atoms with Gasteiger partial charge >= 0.3 is 6.09 Å². The summed E-state index contributed by atoms with van der Waals surface area (Å²) in [6.07, 6.45) is 0.125. The molecule has 0 aliphatic carbocycles. The third kappa shape index (κ3) is 9.68. The van der Waals surface area contributed by atoms with Crippen molar-refractivity contribution in [1.82, 2.24) is 10.6 Å². The number of amides is 2. The van der Waals surface area contributed by atoms with Gasteiger partial charge in [0.25, 0.3) is 5.91 Å². The molecule has 0 atom stereocenters. The number of carbonyl (C=O) groups is 2. The zero-order chi connectivity index (χ0) is 13.5. The van der Waals surface area contributed by atoms with Crippen molar-refractivity contribution in [2.45, 2.75) is 32.8 Å². The van der Waals surface area contributed by atoms with Crippen molar-refractivity contribution in [1.29, 1.82) is 0 Å². The highest BCUT2D eigenvalue weighted by molar-refractivity contribution is 6.41. The third-order valence-corrected chi connectivity index (χ3v) is 1.73. The fraction of sp³-hybridized carbons (Fsp3) is 0.636. The first-order valence-corrected chi connectivity index (χ1v) is 5.69. The topological polar surface area (TPSA) is 67.4 Å². The molecule has 98 valence electrons. The molecule has 0 spiro atoms. The summed E-state index contributed by atoms with van der Waals surface area (Å²) in [5.74, 6) is -0.399. The van der Waals surface area contributed by atoms with Gasteiger partial charge in [-0.3, -0.25) is 4.79 Å². The van der Waals surface area contributed by atoms with Gasteiger partial charge in [-0.2, -0.15) is 0 Å². The lowest BCUT2D eigenvalue weighted by molar-refractivity contribution is -0.116. The minimum atomic E-state index is -0.505. The van der Waals surface area contributed by atoms with Crippen molar-refractivity contribution in [3.05, 3.63) is 11.6 Å². The summed E-state index contributed by atoms with van der Waals surface area (Å²) in [5, 5.41) is 5.07. The molecule has 6 heteroatoms. The van der Waals surface area contributed by atoms with E-state index < -0.39 is 17.6 Å². The standard InChI is InChI=1S/C11H19ClN2O3/c1-8(12)9(15)13-6-5-7-14-10(16)17-11(2,3)4/h1,5-7H2,2-4H3,(H,13,15)(H,14,16). The maximum atomic E-state index is 11.2. The van der Waals surface area contributed by atoms with Gasteiger partial charge in [0.2, 0.25) is 0 Å². The maximum absolute atomic E-state index is 11.2. The highest BCUT2D eigenvalue weighted by atomic mass is 35.5. The minimum Gasteiger partial charge on any atom is -0.444 e. The Morgan fingerprint density at radius 1 is 1.24 bits per heavy atom.